The van der Waals surface area contributed by atoms with Crippen LogP contribution in [0.4, 0.5) is 0 Å². The molecule has 100 valence electrons. The van der Waals surface area contributed by atoms with Crippen LogP contribution >= 0.6 is 0 Å². The fraction of sp³-hybridized carbons (Fsp3) is 0.364. The van der Waals surface area contributed by atoms with E-state index < -0.39 is 21.7 Å². The molecular weight excluding hydrogens is 258 g/mol. The van der Waals surface area contributed by atoms with Crippen molar-refractivity contribution in [3.63, 3.8) is 0 Å². The molecule has 0 aliphatic carbocycles. The summed E-state index contributed by atoms with van der Waals surface area (Å²) in [6.45, 7) is 1.42. The fourth-order valence-electron chi connectivity index (χ4n) is 1.39. The number of hydrogen-bond acceptors (Lipinski definition) is 5. The first-order valence-electron chi connectivity index (χ1n) is 5.21. The van der Waals surface area contributed by atoms with Gasteiger partial charge in [-0.25, -0.2) is 13.9 Å². The lowest BCUT2D eigenvalue weighted by molar-refractivity contribution is -0.132. The van der Waals surface area contributed by atoms with E-state index in [2.05, 4.69) is 0 Å². The van der Waals surface area contributed by atoms with Crippen molar-refractivity contribution in [1.82, 2.24) is 5.48 Å². The largest absolute Gasteiger partial charge is 0.497 e. The number of amides is 1. The second kappa shape index (κ2) is 5.83. The maximum absolute atomic E-state index is 12.0. The molecule has 1 rings (SSSR count). The molecule has 18 heavy (non-hydrogen) atoms. The number of hydroxylamine groups is 1. The minimum Gasteiger partial charge on any atom is -0.497 e. The third-order valence-electron chi connectivity index (χ3n) is 2.45. The number of rotatable bonds is 5. The van der Waals surface area contributed by atoms with Gasteiger partial charge < -0.3 is 4.74 Å². The minimum atomic E-state index is -3.57. The lowest BCUT2D eigenvalue weighted by Gasteiger charge is -2.10. The van der Waals surface area contributed by atoms with Crippen molar-refractivity contribution in [1.29, 1.82) is 0 Å². The Hall–Kier alpha value is -1.60. The zero-order chi connectivity index (χ0) is 13.8. The standard InChI is InChI=1S/C11H15NO5S/c1-8(11(13)12-14)7-18(15,16)10-5-3-9(17-2)4-6-10/h3-6,8,14H,7H2,1-2H3,(H,12,13). The predicted octanol–water partition coefficient (Wildman–Crippen LogP) is 0.610. The molecule has 7 heteroatoms. The van der Waals surface area contributed by atoms with Crippen LogP contribution in [0.5, 0.6) is 5.75 Å². The van der Waals surface area contributed by atoms with E-state index in [1.807, 2.05) is 0 Å². The quantitative estimate of drug-likeness (QED) is 0.605. The molecule has 0 saturated heterocycles. The lowest BCUT2D eigenvalue weighted by Crippen LogP contribution is -2.30. The van der Waals surface area contributed by atoms with Gasteiger partial charge in [0.25, 0.3) is 0 Å². The molecule has 0 saturated carbocycles. The van der Waals surface area contributed by atoms with Gasteiger partial charge in [0.1, 0.15) is 5.75 Å². The number of sulfone groups is 1. The van der Waals surface area contributed by atoms with E-state index in [0.717, 1.165) is 0 Å². The first kappa shape index (κ1) is 14.5. The third-order valence-corrected chi connectivity index (χ3v) is 4.37. The van der Waals surface area contributed by atoms with Crippen LogP contribution in [0.1, 0.15) is 6.92 Å². The van der Waals surface area contributed by atoms with Crippen LogP contribution in [0.2, 0.25) is 0 Å². The Morgan fingerprint density at radius 3 is 2.39 bits per heavy atom. The average Bonchev–Trinajstić information content (AvgIpc) is 2.37. The number of benzene rings is 1. The van der Waals surface area contributed by atoms with Crippen LogP contribution in [-0.2, 0) is 14.6 Å². The molecule has 0 radical (unpaired) electrons. The number of hydrogen-bond donors (Lipinski definition) is 2. The second-order valence-electron chi connectivity index (χ2n) is 3.83. The monoisotopic (exact) mass is 273 g/mol. The van der Waals surface area contributed by atoms with E-state index in [9.17, 15) is 13.2 Å². The maximum Gasteiger partial charge on any atom is 0.247 e. The van der Waals surface area contributed by atoms with Crippen LogP contribution in [0.3, 0.4) is 0 Å². The van der Waals surface area contributed by atoms with E-state index in [0.29, 0.717) is 5.75 Å². The van der Waals surface area contributed by atoms with E-state index in [-0.39, 0.29) is 10.6 Å². The van der Waals surface area contributed by atoms with Gasteiger partial charge in [-0.1, -0.05) is 6.92 Å². The van der Waals surface area contributed by atoms with Crippen molar-refractivity contribution in [2.45, 2.75) is 11.8 Å². The highest BCUT2D eigenvalue weighted by Gasteiger charge is 2.22. The van der Waals surface area contributed by atoms with Crippen molar-refractivity contribution in [2.75, 3.05) is 12.9 Å². The molecule has 6 nitrogen and oxygen atoms in total. The predicted molar refractivity (Wildman–Crippen MR) is 64.1 cm³/mol. The fourth-order valence-corrected chi connectivity index (χ4v) is 2.95. The van der Waals surface area contributed by atoms with Crippen molar-refractivity contribution in [3.05, 3.63) is 24.3 Å². The van der Waals surface area contributed by atoms with Crippen LogP contribution < -0.4 is 10.2 Å². The summed E-state index contributed by atoms with van der Waals surface area (Å²) in [6.07, 6.45) is 0. The molecule has 0 bridgehead atoms. The molecule has 0 aliphatic rings. The number of carbonyl (C=O) groups is 1. The number of nitrogens with one attached hydrogen (secondary N) is 1. The molecule has 1 unspecified atom stereocenters. The Morgan fingerprint density at radius 1 is 1.39 bits per heavy atom. The van der Waals surface area contributed by atoms with Crippen molar-refractivity contribution < 1.29 is 23.2 Å². The summed E-state index contributed by atoms with van der Waals surface area (Å²) < 4.78 is 28.8. The molecule has 1 aromatic carbocycles. The maximum atomic E-state index is 12.0. The summed E-state index contributed by atoms with van der Waals surface area (Å²) in [5.74, 6) is -1.38. The van der Waals surface area contributed by atoms with Crippen molar-refractivity contribution in [3.8, 4) is 5.75 Å². The van der Waals surface area contributed by atoms with Gasteiger partial charge in [-0.15, -0.1) is 0 Å². The molecule has 1 amide bonds. The Balaban J connectivity index is 2.89. The van der Waals surface area contributed by atoms with Crippen molar-refractivity contribution >= 4 is 15.7 Å². The smallest absolute Gasteiger partial charge is 0.247 e. The zero-order valence-electron chi connectivity index (χ0n) is 10.1. The Bertz CT molecular complexity index is 509. The van der Waals surface area contributed by atoms with E-state index in [4.69, 9.17) is 9.94 Å². The van der Waals surface area contributed by atoms with Gasteiger partial charge >= 0.3 is 0 Å². The summed E-state index contributed by atoms with van der Waals surface area (Å²) in [4.78, 5) is 11.2. The Labute approximate surface area is 105 Å². The molecule has 2 N–H and O–H groups in total. The van der Waals surface area contributed by atoms with Crippen molar-refractivity contribution in [2.24, 2.45) is 5.92 Å². The normalized spacial score (nSPS) is 12.8. The van der Waals surface area contributed by atoms with Crippen LogP contribution in [0.15, 0.2) is 29.2 Å². The summed E-state index contributed by atoms with van der Waals surface area (Å²) in [6, 6.07) is 5.89. The Kier molecular flexibility index (Phi) is 4.69. The molecule has 0 aromatic heterocycles. The summed E-state index contributed by atoms with van der Waals surface area (Å²) in [5.41, 5.74) is 1.43. The molecule has 1 atom stereocenters. The van der Waals surface area contributed by atoms with Gasteiger partial charge in [0.05, 0.1) is 23.7 Å². The summed E-state index contributed by atoms with van der Waals surface area (Å²) in [5, 5.41) is 8.43. The van der Waals surface area contributed by atoms with Gasteiger partial charge in [-0.2, -0.15) is 0 Å². The van der Waals surface area contributed by atoms with Gasteiger partial charge in [-0.05, 0) is 24.3 Å². The summed E-state index contributed by atoms with van der Waals surface area (Å²) >= 11 is 0. The lowest BCUT2D eigenvalue weighted by atomic mass is 10.2. The number of carbonyl (C=O) groups excluding carboxylic acids is 1. The average molecular weight is 273 g/mol. The van der Waals surface area contributed by atoms with Gasteiger partial charge in [0.15, 0.2) is 9.84 Å². The Morgan fingerprint density at radius 2 is 1.94 bits per heavy atom. The highest BCUT2D eigenvalue weighted by Crippen LogP contribution is 2.18. The van der Waals surface area contributed by atoms with Gasteiger partial charge in [-0.3, -0.25) is 10.0 Å². The van der Waals surface area contributed by atoms with E-state index in [1.54, 1.807) is 0 Å². The SMILES string of the molecule is COc1ccc(S(=O)(=O)CC(C)C(=O)NO)cc1. The van der Waals surface area contributed by atoms with Crippen LogP contribution in [0.25, 0.3) is 0 Å². The molecule has 0 spiro atoms. The first-order chi connectivity index (χ1) is 8.40. The van der Waals surface area contributed by atoms with E-state index >= 15 is 0 Å². The van der Waals surface area contributed by atoms with Gasteiger partial charge in [0, 0.05) is 0 Å². The highest BCUT2D eigenvalue weighted by molar-refractivity contribution is 7.91. The third kappa shape index (κ3) is 3.44. The van der Waals surface area contributed by atoms with Crippen LogP contribution in [0, 0.1) is 5.92 Å². The molecule has 1 aromatic rings. The van der Waals surface area contributed by atoms with E-state index in [1.165, 1.54) is 43.8 Å². The topological polar surface area (TPSA) is 92.7 Å². The number of ether oxygens (including phenoxy) is 1. The zero-order valence-corrected chi connectivity index (χ0v) is 10.9. The highest BCUT2D eigenvalue weighted by atomic mass is 32.2. The van der Waals surface area contributed by atoms with Crippen LogP contribution in [-0.4, -0.2) is 32.4 Å². The molecule has 0 heterocycles. The number of methoxy groups -OCH3 is 1. The molecule has 0 fully saturated rings. The molecule has 0 aliphatic heterocycles. The first-order valence-corrected chi connectivity index (χ1v) is 6.86. The second-order valence-corrected chi connectivity index (χ2v) is 5.87. The van der Waals surface area contributed by atoms with Gasteiger partial charge in [0.2, 0.25) is 5.91 Å². The molecular formula is C11H15NO5S. The summed E-state index contributed by atoms with van der Waals surface area (Å²) in [7, 11) is -2.08. The minimum absolute atomic E-state index is 0.112.